The molecular weight excluding hydrogens is 188 g/mol. The molecule has 1 aliphatic heterocycles. The van der Waals surface area contributed by atoms with Crippen LogP contribution in [-0.2, 0) is 0 Å². The maximum atomic E-state index is 11.0. The first-order valence-corrected chi connectivity index (χ1v) is 6.17. The first-order chi connectivity index (χ1) is 7.17. The van der Waals surface area contributed by atoms with Gasteiger partial charge in [-0.25, -0.2) is 4.79 Å². The van der Waals surface area contributed by atoms with Gasteiger partial charge in [-0.2, -0.15) is 0 Å². The van der Waals surface area contributed by atoms with Gasteiger partial charge in [-0.15, -0.1) is 0 Å². The molecule has 0 aliphatic carbocycles. The Bertz CT molecular complexity index is 147. The molecule has 0 aromatic carbocycles. The minimum atomic E-state index is 0.164. The molecule has 1 aliphatic rings. The topological polar surface area (TPSA) is 23.6 Å². The van der Waals surface area contributed by atoms with E-state index in [2.05, 4.69) is 13.8 Å². The molecule has 0 radical (unpaired) electrons. The second-order valence-corrected chi connectivity index (χ2v) is 3.28. The van der Waals surface area contributed by atoms with Gasteiger partial charge in [0.25, 0.3) is 0 Å². The zero-order valence-electron chi connectivity index (χ0n) is 11.3. The van der Waals surface area contributed by atoms with Crippen molar-refractivity contribution in [2.24, 2.45) is 0 Å². The summed E-state index contributed by atoms with van der Waals surface area (Å²) in [6, 6.07) is 0.164. The molecule has 1 fully saturated rings. The predicted molar refractivity (Wildman–Crippen MR) is 67.2 cm³/mol. The maximum Gasteiger partial charge on any atom is 0.319 e. The predicted octanol–water partition coefficient (Wildman–Crippen LogP) is 3.21. The summed E-state index contributed by atoms with van der Waals surface area (Å²) in [5.74, 6) is 0. The average molecular weight is 216 g/mol. The molecule has 0 N–H and O–H groups in total. The van der Waals surface area contributed by atoms with Crippen LogP contribution in [0.1, 0.15) is 47.5 Å². The summed E-state index contributed by atoms with van der Waals surface area (Å²) in [4.78, 5) is 14.6. The summed E-state index contributed by atoms with van der Waals surface area (Å²) in [6.45, 7) is 13.0. The minimum absolute atomic E-state index is 0.164. The Morgan fingerprint density at radius 2 is 1.53 bits per heavy atom. The number of likely N-dealkylation sites (N-methyl/N-ethyl adjacent to an activating group) is 2. The van der Waals surface area contributed by atoms with Crippen LogP contribution in [0.2, 0.25) is 0 Å². The van der Waals surface area contributed by atoms with Gasteiger partial charge in [-0.05, 0) is 6.92 Å². The third-order valence-corrected chi connectivity index (χ3v) is 2.18. The summed E-state index contributed by atoms with van der Waals surface area (Å²) in [5.41, 5.74) is 0. The molecule has 0 unspecified atom stereocenters. The fraction of sp³-hybridized carbons (Fsp3) is 0.917. The van der Waals surface area contributed by atoms with E-state index in [-0.39, 0.29) is 6.03 Å². The van der Waals surface area contributed by atoms with Crippen LogP contribution in [0.15, 0.2) is 0 Å². The number of carbonyl (C=O) groups is 1. The van der Waals surface area contributed by atoms with E-state index < -0.39 is 0 Å². The number of carbonyl (C=O) groups excluding carboxylic acids is 1. The zero-order chi connectivity index (χ0) is 12.3. The van der Waals surface area contributed by atoms with Gasteiger partial charge in [0.05, 0.1) is 0 Å². The van der Waals surface area contributed by atoms with Crippen LogP contribution in [0.3, 0.4) is 0 Å². The minimum Gasteiger partial charge on any atom is -0.326 e. The van der Waals surface area contributed by atoms with Crippen LogP contribution >= 0.6 is 0 Å². The Hall–Kier alpha value is -0.730. The number of hydrogen-bond donors (Lipinski definition) is 0. The summed E-state index contributed by atoms with van der Waals surface area (Å²) >= 11 is 0. The van der Waals surface area contributed by atoms with Crippen molar-refractivity contribution in [3.63, 3.8) is 0 Å². The molecule has 0 atom stereocenters. The second-order valence-electron chi connectivity index (χ2n) is 3.28. The number of nitrogens with zero attached hydrogens (tertiary/aromatic N) is 2. The van der Waals surface area contributed by atoms with Crippen molar-refractivity contribution in [2.75, 3.05) is 26.7 Å². The lowest BCUT2D eigenvalue weighted by molar-refractivity contribution is 0.200. The van der Waals surface area contributed by atoms with Gasteiger partial charge in [-0.3, -0.25) is 0 Å². The van der Waals surface area contributed by atoms with Crippen LogP contribution in [0.25, 0.3) is 0 Å². The lowest BCUT2D eigenvalue weighted by atomic mass is 10.4. The first-order valence-electron chi connectivity index (χ1n) is 6.17. The fourth-order valence-corrected chi connectivity index (χ4v) is 0.997. The Kier molecular flexibility index (Phi) is 12.6. The second kappa shape index (κ2) is 11.3. The SMILES string of the molecule is CC.CCCC.CCN1CCN(C)C1=O. The molecule has 0 aromatic rings. The summed E-state index contributed by atoms with van der Waals surface area (Å²) in [6.07, 6.45) is 2.64. The Balaban J connectivity index is 0. The Morgan fingerprint density at radius 1 is 1.07 bits per heavy atom. The summed E-state index contributed by atoms with van der Waals surface area (Å²) in [5, 5.41) is 0. The molecule has 0 aromatic heterocycles. The van der Waals surface area contributed by atoms with Gasteiger partial charge in [0.15, 0.2) is 0 Å². The first kappa shape index (κ1) is 16.7. The normalized spacial score (nSPS) is 14.1. The molecule has 1 saturated heterocycles. The molecule has 15 heavy (non-hydrogen) atoms. The van der Waals surface area contributed by atoms with Crippen LogP contribution in [0, 0.1) is 0 Å². The van der Waals surface area contributed by atoms with E-state index in [9.17, 15) is 4.79 Å². The van der Waals surface area contributed by atoms with Crippen molar-refractivity contribution >= 4 is 6.03 Å². The molecule has 2 amide bonds. The van der Waals surface area contributed by atoms with Crippen molar-refractivity contribution in [2.45, 2.75) is 47.5 Å². The van der Waals surface area contributed by atoms with Crippen LogP contribution in [0.5, 0.6) is 0 Å². The van der Waals surface area contributed by atoms with Crippen molar-refractivity contribution in [3.8, 4) is 0 Å². The van der Waals surface area contributed by atoms with Crippen molar-refractivity contribution < 1.29 is 4.79 Å². The van der Waals surface area contributed by atoms with Gasteiger partial charge >= 0.3 is 6.03 Å². The lowest BCUT2D eigenvalue weighted by Gasteiger charge is -2.11. The highest BCUT2D eigenvalue weighted by atomic mass is 16.2. The molecule has 92 valence electrons. The molecule has 1 heterocycles. The summed E-state index contributed by atoms with van der Waals surface area (Å²) < 4.78 is 0. The largest absolute Gasteiger partial charge is 0.326 e. The maximum absolute atomic E-state index is 11.0. The van der Waals surface area contributed by atoms with E-state index in [0.29, 0.717) is 0 Å². The monoisotopic (exact) mass is 216 g/mol. The van der Waals surface area contributed by atoms with E-state index >= 15 is 0 Å². The smallest absolute Gasteiger partial charge is 0.319 e. The van der Waals surface area contributed by atoms with E-state index in [0.717, 1.165) is 19.6 Å². The molecular formula is C12H28N2O. The number of rotatable bonds is 2. The van der Waals surface area contributed by atoms with Gasteiger partial charge in [0.1, 0.15) is 0 Å². The quantitative estimate of drug-likeness (QED) is 0.695. The molecule has 3 heteroatoms. The van der Waals surface area contributed by atoms with Crippen LogP contribution < -0.4 is 0 Å². The Morgan fingerprint density at radius 3 is 1.67 bits per heavy atom. The van der Waals surface area contributed by atoms with Gasteiger partial charge < -0.3 is 9.80 Å². The average Bonchev–Trinajstić information content (AvgIpc) is 2.62. The highest BCUT2D eigenvalue weighted by Crippen LogP contribution is 2.03. The van der Waals surface area contributed by atoms with E-state index in [1.54, 1.807) is 4.90 Å². The van der Waals surface area contributed by atoms with Gasteiger partial charge in [0.2, 0.25) is 0 Å². The standard InChI is InChI=1S/C6H12N2O.C4H10.C2H6/c1-3-8-5-4-7(2)6(8)9;1-3-4-2;1-2/h3-5H2,1-2H3;3-4H2,1-2H3;1-2H3. The zero-order valence-corrected chi connectivity index (χ0v) is 11.3. The van der Waals surface area contributed by atoms with Crippen molar-refractivity contribution in [1.82, 2.24) is 9.80 Å². The van der Waals surface area contributed by atoms with E-state index in [1.165, 1.54) is 12.8 Å². The van der Waals surface area contributed by atoms with Crippen molar-refractivity contribution in [1.29, 1.82) is 0 Å². The molecule has 3 nitrogen and oxygen atoms in total. The molecule has 0 saturated carbocycles. The van der Waals surface area contributed by atoms with Crippen LogP contribution in [-0.4, -0.2) is 42.5 Å². The molecule has 1 rings (SSSR count). The van der Waals surface area contributed by atoms with E-state index in [4.69, 9.17) is 0 Å². The van der Waals surface area contributed by atoms with E-state index in [1.807, 2.05) is 32.7 Å². The summed E-state index contributed by atoms with van der Waals surface area (Å²) in [7, 11) is 1.83. The van der Waals surface area contributed by atoms with Crippen LogP contribution in [0.4, 0.5) is 4.79 Å². The molecule has 0 bridgehead atoms. The third kappa shape index (κ3) is 7.23. The van der Waals surface area contributed by atoms with Crippen molar-refractivity contribution in [3.05, 3.63) is 0 Å². The van der Waals surface area contributed by atoms with Gasteiger partial charge in [0, 0.05) is 26.7 Å². The van der Waals surface area contributed by atoms with Gasteiger partial charge in [-0.1, -0.05) is 40.5 Å². The highest BCUT2D eigenvalue weighted by Gasteiger charge is 2.22. The number of hydrogen-bond acceptors (Lipinski definition) is 1. The number of amides is 2. The number of unbranched alkanes of at least 4 members (excludes halogenated alkanes) is 1. The Labute approximate surface area is 95.4 Å². The fourth-order valence-electron chi connectivity index (χ4n) is 0.997. The molecule has 0 spiro atoms. The number of urea groups is 1. The lowest BCUT2D eigenvalue weighted by Crippen LogP contribution is -2.28. The highest BCUT2D eigenvalue weighted by molar-refractivity contribution is 5.76. The third-order valence-electron chi connectivity index (χ3n) is 2.18.